The van der Waals surface area contributed by atoms with E-state index in [1.165, 1.54) is 0 Å². The van der Waals surface area contributed by atoms with E-state index in [1.54, 1.807) is 48.5 Å². The lowest BCUT2D eigenvalue weighted by atomic mass is 10.2. The van der Waals surface area contributed by atoms with Crippen molar-refractivity contribution in [1.29, 1.82) is 0 Å². The van der Waals surface area contributed by atoms with Crippen molar-refractivity contribution in [2.75, 3.05) is 30.4 Å². The zero-order chi connectivity index (χ0) is 20.2. The minimum Gasteiger partial charge on any atom is -0.490 e. The number of hydrogen-bond acceptors (Lipinski definition) is 4. The summed E-state index contributed by atoms with van der Waals surface area (Å²) in [4.78, 5) is 14.5. The van der Waals surface area contributed by atoms with E-state index in [0.29, 0.717) is 28.6 Å². The van der Waals surface area contributed by atoms with Crippen LogP contribution in [-0.4, -0.2) is 32.2 Å². The number of hydrogen-bond donors (Lipinski definition) is 1. The third kappa shape index (κ3) is 4.63. The number of amides is 1. The number of anilines is 2. The molecule has 1 N–H and O–H groups in total. The van der Waals surface area contributed by atoms with Gasteiger partial charge in [0.05, 0.1) is 12.2 Å². The molecule has 0 aromatic heterocycles. The average molecular weight is 409 g/mol. The van der Waals surface area contributed by atoms with E-state index in [1.807, 2.05) is 31.3 Å². The standard InChI is InChI=1S/C23H21ClN2O3/c1-26-14-20(29-22-5-3-2-4-21(22)26)15-28-19-12-6-16(7-13-19)23(27)25-18-10-8-17(24)9-11-18/h2-13,20H,14-15H2,1H3,(H,25,27)/t20-/m0/s1. The lowest BCUT2D eigenvalue weighted by molar-refractivity contribution is 0.102. The fraction of sp³-hybridized carbons (Fsp3) is 0.174. The van der Waals surface area contributed by atoms with Crippen molar-refractivity contribution in [1.82, 2.24) is 0 Å². The molecule has 1 amide bonds. The third-order valence-corrected chi connectivity index (χ3v) is 4.95. The number of fused-ring (bicyclic) bond motifs is 1. The van der Waals surface area contributed by atoms with Crippen molar-refractivity contribution >= 4 is 28.9 Å². The maximum absolute atomic E-state index is 12.4. The molecule has 1 atom stereocenters. The van der Waals surface area contributed by atoms with Crippen LogP contribution in [-0.2, 0) is 0 Å². The van der Waals surface area contributed by atoms with E-state index in [4.69, 9.17) is 21.1 Å². The van der Waals surface area contributed by atoms with Crippen LogP contribution in [0.15, 0.2) is 72.8 Å². The highest BCUT2D eigenvalue weighted by Gasteiger charge is 2.23. The van der Waals surface area contributed by atoms with Crippen molar-refractivity contribution in [2.45, 2.75) is 6.10 Å². The zero-order valence-electron chi connectivity index (χ0n) is 16.0. The quantitative estimate of drug-likeness (QED) is 0.654. The summed E-state index contributed by atoms with van der Waals surface area (Å²) in [5.41, 5.74) is 2.33. The number of halogens is 1. The van der Waals surface area contributed by atoms with E-state index in [0.717, 1.165) is 18.0 Å². The Bertz CT molecular complexity index is 990. The van der Waals surface area contributed by atoms with Crippen LogP contribution in [0, 0.1) is 0 Å². The van der Waals surface area contributed by atoms with Gasteiger partial charge in [-0.2, -0.15) is 0 Å². The Morgan fingerprint density at radius 1 is 1.10 bits per heavy atom. The van der Waals surface area contributed by atoms with E-state index in [2.05, 4.69) is 10.2 Å². The normalized spacial score (nSPS) is 15.2. The molecule has 0 saturated carbocycles. The molecule has 0 aliphatic carbocycles. The molecular weight excluding hydrogens is 388 g/mol. The van der Waals surface area contributed by atoms with Crippen LogP contribution in [0.4, 0.5) is 11.4 Å². The summed E-state index contributed by atoms with van der Waals surface area (Å²) in [6.07, 6.45) is -0.0669. The van der Waals surface area contributed by atoms with Crippen molar-refractivity contribution in [3.8, 4) is 11.5 Å². The molecule has 148 valence electrons. The number of carbonyl (C=O) groups excluding carboxylic acids is 1. The van der Waals surface area contributed by atoms with Gasteiger partial charge in [-0.15, -0.1) is 0 Å². The predicted molar refractivity (Wildman–Crippen MR) is 115 cm³/mol. The zero-order valence-corrected chi connectivity index (χ0v) is 16.7. The largest absolute Gasteiger partial charge is 0.490 e. The van der Waals surface area contributed by atoms with Crippen LogP contribution in [0.1, 0.15) is 10.4 Å². The molecule has 3 aromatic carbocycles. The van der Waals surface area contributed by atoms with Gasteiger partial charge in [0.1, 0.15) is 24.2 Å². The van der Waals surface area contributed by atoms with Crippen LogP contribution in [0.5, 0.6) is 11.5 Å². The number of ether oxygens (including phenoxy) is 2. The number of benzene rings is 3. The molecule has 0 saturated heterocycles. The molecule has 1 aliphatic rings. The molecule has 29 heavy (non-hydrogen) atoms. The molecule has 0 bridgehead atoms. The average Bonchev–Trinajstić information content (AvgIpc) is 2.74. The van der Waals surface area contributed by atoms with Gasteiger partial charge in [-0.25, -0.2) is 0 Å². The highest BCUT2D eigenvalue weighted by molar-refractivity contribution is 6.30. The lowest BCUT2D eigenvalue weighted by Crippen LogP contribution is -2.41. The minimum atomic E-state index is -0.187. The van der Waals surface area contributed by atoms with Gasteiger partial charge in [0.25, 0.3) is 5.91 Å². The summed E-state index contributed by atoms with van der Waals surface area (Å²) in [6.45, 7) is 1.17. The monoisotopic (exact) mass is 408 g/mol. The molecule has 0 spiro atoms. The lowest BCUT2D eigenvalue weighted by Gasteiger charge is -2.33. The SMILES string of the molecule is CN1C[C@@H](COc2ccc(C(=O)Nc3ccc(Cl)cc3)cc2)Oc2ccccc21. The molecule has 4 rings (SSSR count). The first-order valence-electron chi connectivity index (χ1n) is 9.35. The van der Waals surface area contributed by atoms with Crippen LogP contribution < -0.4 is 19.7 Å². The van der Waals surface area contributed by atoms with E-state index >= 15 is 0 Å². The highest BCUT2D eigenvalue weighted by Crippen LogP contribution is 2.32. The number of nitrogens with one attached hydrogen (secondary N) is 1. The number of carbonyl (C=O) groups is 1. The van der Waals surface area contributed by atoms with Crippen LogP contribution >= 0.6 is 11.6 Å². The van der Waals surface area contributed by atoms with E-state index < -0.39 is 0 Å². The Morgan fingerprint density at radius 2 is 1.83 bits per heavy atom. The van der Waals surface area contributed by atoms with Crippen LogP contribution in [0.3, 0.4) is 0 Å². The fourth-order valence-electron chi connectivity index (χ4n) is 3.21. The minimum absolute atomic E-state index is 0.0669. The van der Waals surface area contributed by atoms with E-state index in [-0.39, 0.29) is 12.0 Å². The van der Waals surface area contributed by atoms with Crippen molar-refractivity contribution in [2.24, 2.45) is 0 Å². The Hall–Kier alpha value is -3.18. The topological polar surface area (TPSA) is 50.8 Å². The highest BCUT2D eigenvalue weighted by atomic mass is 35.5. The molecular formula is C23H21ClN2O3. The molecule has 6 heteroatoms. The number of likely N-dealkylation sites (N-methyl/N-ethyl adjacent to an activating group) is 1. The first-order chi connectivity index (χ1) is 14.1. The van der Waals surface area contributed by atoms with Crippen LogP contribution in [0.2, 0.25) is 5.02 Å². The molecule has 1 aliphatic heterocycles. The van der Waals surface area contributed by atoms with Gasteiger partial charge >= 0.3 is 0 Å². The summed E-state index contributed by atoms with van der Waals surface area (Å²) >= 11 is 5.86. The first-order valence-corrected chi connectivity index (χ1v) is 9.73. The van der Waals surface area contributed by atoms with Crippen molar-refractivity contribution < 1.29 is 14.3 Å². The Morgan fingerprint density at radius 3 is 2.59 bits per heavy atom. The maximum atomic E-state index is 12.4. The summed E-state index contributed by atoms with van der Waals surface area (Å²) in [5.74, 6) is 1.37. The third-order valence-electron chi connectivity index (χ3n) is 4.70. The summed E-state index contributed by atoms with van der Waals surface area (Å²) < 4.78 is 11.9. The Balaban J connectivity index is 1.33. The summed E-state index contributed by atoms with van der Waals surface area (Å²) in [7, 11) is 2.04. The Kier molecular flexibility index (Phi) is 5.58. The molecule has 0 radical (unpaired) electrons. The van der Waals surface area contributed by atoms with Crippen molar-refractivity contribution in [3.63, 3.8) is 0 Å². The molecule has 1 heterocycles. The van der Waals surface area contributed by atoms with Gasteiger partial charge in [-0.3, -0.25) is 4.79 Å². The summed E-state index contributed by atoms with van der Waals surface area (Å²) in [6, 6.07) is 22.0. The summed E-state index contributed by atoms with van der Waals surface area (Å²) in [5, 5.41) is 3.46. The predicted octanol–water partition coefficient (Wildman–Crippen LogP) is 4.87. The van der Waals surface area contributed by atoms with Crippen LogP contribution in [0.25, 0.3) is 0 Å². The number of para-hydroxylation sites is 2. The molecule has 0 unspecified atom stereocenters. The number of nitrogens with zero attached hydrogens (tertiary/aromatic N) is 1. The van der Waals surface area contributed by atoms with Gasteiger partial charge < -0.3 is 19.7 Å². The fourth-order valence-corrected chi connectivity index (χ4v) is 3.33. The molecule has 0 fully saturated rings. The smallest absolute Gasteiger partial charge is 0.255 e. The van der Waals surface area contributed by atoms with Gasteiger partial charge in [-0.05, 0) is 60.7 Å². The second-order valence-electron chi connectivity index (χ2n) is 6.88. The molecule has 5 nitrogen and oxygen atoms in total. The number of rotatable bonds is 5. The van der Waals surface area contributed by atoms with E-state index in [9.17, 15) is 4.79 Å². The first kappa shape index (κ1) is 19.2. The second kappa shape index (κ2) is 8.45. The maximum Gasteiger partial charge on any atom is 0.255 e. The second-order valence-corrected chi connectivity index (χ2v) is 7.32. The van der Waals surface area contributed by atoms with Crippen molar-refractivity contribution in [3.05, 3.63) is 83.4 Å². The van der Waals surface area contributed by atoms with Gasteiger partial charge in [0.15, 0.2) is 0 Å². The van der Waals surface area contributed by atoms with Gasteiger partial charge in [0, 0.05) is 23.3 Å². The molecule has 3 aromatic rings. The van der Waals surface area contributed by atoms with Gasteiger partial charge in [0.2, 0.25) is 0 Å². The van der Waals surface area contributed by atoms with Gasteiger partial charge in [-0.1, -0.05) is 23.7 Å². The Labute approximate surface area is 174 Å².